The Balaban J connectivity index is 2.86. The van der Waals surface area contributed by atoms with E-state index in [9.17, 15) is 13.6 Å². The van der Waals surface area contributed by atoms with Gasteiger partial charge in [0.05, 0.1) is 0 Å². The number of alkyl halides is 2. The molecule has 0 unspecified atom stereocenters. The lowest BCUT2D eigenvalue weighted by atomic mass is 10.7. The quantitative estimate of drug-likeness (QED) is 0.677. The molecule has 3 nitrogen and oxygen atoms in total. The van der Waals surface area contributed by atoms with Crippen LogP contribution >= 0.6 is 11.3 Å². The Labute approximate surface area is 65.3 Å². The molecule has 0 atom stereocenters. The number of nitrogens with zero attached hydrogens (tertiary/aromatic N) is 2. The predicted molar refractivity (Wildman–Crippen MR) is 37.1 cm³/mol. The fourth-order valence-corrected chi connectivity index (χ4v) is 1.27. The summed E-state index contributed by atoms with van der Waals surface area (Å²) in [5.41, 5.74) is 0. The van der Waals surface area contributed by atoms with Crippen molar-refractivity contribution < 1.29 is 8.78 Å². The van der Waals surface area contributed by atoms with Crippen LogP contribution in [0.5, 0.6) is 0 Å². The molecule has 0 N–H and O–H groups in total. The molecule has 11 heavy (non-hydrogen) atoms. The van der Waals surface area contributed by atoms with Gasteiger partial charge in [-0.3, -0.25) is 4.79 Å². The molecule has 1 heterocycles. The third-order valence-electron chi connectivity index (χ3n) is 1.02. The predicted octanol–water partition coefficient (Wildman–Crippen LogP) is 0.878. The first-order chi connectivity index (χ1) is 5.09. The van der Waals surface area contributed by atoms with Crippen LogP contribution in [0.4, 0.5) is 8.78 Å². The molecule has 0 saturated carbocycles. The lowest BCUT2D eigenvalue weighted by Gasteiger charge is -1.95. The van der Waals surface area contributed by atoms with Gasteiger partial charge >= 0.3 is 4.87 Å². The van der Waals surface area contributed by atoms with E-state index in [1.807, 2.05) is 0 Å². The van der Waals surface area contributed by atoms with Crippen molar-refractivity contribution in [2.45, 2.75) is 19.9 Å². The van der Waals surface area contributed by atoms with Crippen LogP contribution < -0.4 is 4.87 Å². The van der Waals surface area contributed by atoms with Crippen LogP contribution in [0.1, 0.15) is 5.01 Å². The van der Waals surface area contributed by atoms with Crippen molar-refractivity contribution in [1.29, 1.82) is 0 Å². The molecule has 0 aromatic carbocycles. The van der Waals surface area contributed by atoms with Crippen molar-refractivity contribution in [1.82, 2.24) is 9.78 Å². The van der Waals surface area contributed by atoms with E-state index in [1.54, 1.807) is 6.92 Å². The fraction of sp³-hybridized carbons (Fsp3) is 0.600. The summed E-state index contributed by atoms with van der Waals surface area (Å²) in [5, 5.41) is 4.10. The van der Waals surface area contributed by atoms with Crippen molar-refractivity contribution >= 4 is 11.3 Å². The van der Waals surface area contributed by atoms with Gasteiger partial charge < -0.3 is 0 Å². The summed E-state index contributed by atoms with van der Waals surface area (Å²) in [7, 11) is 0. The van der Waals surface area contributed by atoms with Crippen molar-refractivity contribution in [2.75, 3.05) is 0 Å². The number of halogens is 2. The second-order valence-electron chi connectivity index (χ2n) is 1.96. The maximum Gasteiger partial charge on any atom is 0.325 e. The van der Waals surface area contributed by atoms with Gasteiger partial charge in [-0.25, -0.2) is 13.5 Å². The monoisotopic (exact) mass is 180 g/mol. The Morgan fingerprint density at radius 2 is 2.36 bits per heavy atom. The highest BCUT2D eigenvalue weighted by molar-refractivity contribution is 7.08. The standard InChI is InChI=1S/C5H6F2N2OS/c1-3-8-9(2-4(6)7)5(10)11-3/h4H,2H2,1H3. The molecule has 0 fully saturated rings. The van der Waals surface area contributed by atoms with Crippen LogP contribution in [0.25, 0.3) is 0 Å². The van der Waals surface area contributed by atoms with Gasteiger partial charge in [-0.15, -0.1) is 0 Å². The summed E-state index contributed by atoms with van der Waals surface area (Å²) >= 11 is 0.874. The zero-order chi connectivity index (χ0) is 8.43. The lowest BCUT2D eigenvalue weighted by molar-refractivity contribution is 0.120. The van der Waals surface area contributed by atoms with Gasteiger partial charge in [0, 0.05) is 0 Å². The Kier molecular flexibility index (Phi) is 2.33. The first-order valence-electron chi connectivity index (χ1n) is 2.92. The van der Waals surface area contributed by atoms with Crippen molar-refractivity contribution in [3.05, 3.63) is 14.7 Å². The van der Waals surface area contributed by atoms with E-state index < -0.39 is 17.8 Å². The Morgan fingerprint density at radius 1 is 1.73 bits per heavy atom. The molecular weight excluding hydrogens is 174 g/mol. The normalized spacial score (nSPS) is 10.9. The van der Waals surface area contributed by atoms with Gasteiger partial charge in [0.15, 0.2) is 0 Å². The molecule has 0 saturated heterocycles. The molecule has 0 spiro atoms. The van der Waals surface area contributed by atoms with Crippen LogP contribution in [0.3, 0.4) is 0 Å². The average Bonchev–Trinajstić information content (AvgIpc) is 2.09. The number of hydrogen-bond acceptors (Lipinski definition) is 3. The topological polar surface area (TPSA) is 34.9 Å². The van der Waals surface area contributed by atoms with Crippen molar-refractivity contribution in [2.24, 2.45) is 0 Å². The van der Waals surface area contributed by atoms with Gasteiger partial charge in [-0.2, -0.15) is 5.10 Å². The van der Waals surface area contributed by atoms with Gasteiger partial charge in [-0.05, 0) is 6.92 Å². The van der Waals surface area contributed by atoms with E-state index in [0.29, 0.717) is 5.01 Å². The first kappa shape index (κ1) is 8.32. The highest BCUT2D eigenvalue weighted by atomic mass is 32.1. The van der Waals surface area contributed by atoms with Gasteiger partial charge in [0.25, 0.3) is 6.43 Å². The maximum atomic E-state index is 11.7. The molecule has 0 amide bonds. The van der Waals surface area contributed by atoms with Crippen molar-refractivity contribution in [3.8, 4) is 0 Å². The fourth-order valence-electron chi connectivity index (χ4n) is 0.656. The van der Waals surface area contributed by atoms with Crippen LogP contribution in [0, 0.1) is 6.92 Å². The molecular formula is C5H6F2N2OS. The van der Waals surface area contributed by atoms with Gasteiger partial charge in [0.2, 0.25) is 0 Å². The summed E-state index contributed by atoms with van der Waals surface area (Å²) in [4.78, 5) is 10.3. The van der Waals surface area contributed by atoms with Gasteiger partial charge in [-0.1, -0.05) is 11.3 Å². The highest BCUT2D eigenvalue weighted by Gasteiger charge is 2.08. The zero-order valence-corrected chi connectivity index (χ0v) is 6.57. The summed E-state index contributed by atoms with van der Waals surface area (Å²) in [6, 6.07) is 0. The average molecular weight is 180 g/mol. The maximum absolute atomic E-state index is 11.7. The molecule has 1 aromatic rings. The van der Waals surface area contributed by atoms with E-state index >= 15 is 0 Å². The molecule has 62 valence electrons. The van der Waals surface area contributed by atoms with Gasteiger partial charge in [0.1, 0.15) is 11.6 Å². The molecule has 0 radical (unpaired) electrons. The first-order valence-corrected chi connectivity index (χ1v) is 3.74. The van der Waals surface area contributed by atoms with Crippen LogP contribution in [0.2, 0.25) is 0 Å². The summed E-state index contributed by atoms with van der Waals surface area (Å²) in [5.74, 6) is 0. The Bertz CT molecular complexity index is 293. The largest absolute Gasteiger partial charge is 0.325 e. The molecule has 0 bridgehead atoms. The SMILES string of the molecule is Cc1nn(CC(F)F)c(=O)s1. The van der Waals surface area contributed by atoms with Crippen LogP contribution in [0.15, 0.2) is 4.79 Å². The molecule has 1 rings (SSSR count). The number of aromatic nitrogens is 2. The summed E-state index contributed by atoms with van der Waals surface area (Å²) in [6.45, 7) is 0.997. The third kappa shape index (κ3) is 2.07. The molecule has 1 aromatic heterocycles. The van der Waals surface area contributed by atoms with Crippen LogP contribution in [-0.4, -0.2) is 16.2 Å². The van der Waals surface area contributed by atoms with E-state index in [1.165, 1.54) is 0 Å². The second-order valence-corrected chi connectivity index (χ2v) is 3.10. The number of hydrogen-bond donors (Lipinski definition) is 0. The minimum atomic E-state index is -2.52. The Morgan fingerprint density at radius 3 is 2.73 bits per heavy atom. The van der Waals surface area contributed by atoms with E-state index in [-0.39, 0.29) is 0 Å². The number of aryl methyl sites for hydroxylation is 1. The Hall–Kier alpha value is -0.780. The minimum absolute atomic E-state index is 0.428. The zero-order valence-electron chi connectivity index (χ0n) is 5.75. The summed E-state index contributed by atoms with van der Waals surface area (Å²) in [6.07, 6.45) is -2.52. The molecule has 0 aliphatic rings. The highest BCUT2D eigenvalue weighted by Crippen LogP contribution is 1.98. The smallest absolute Gasteiger partial charge is 0.255 e. The van der Waals surface area contributed by atoms with E-state index in [2.05, 4.69) is 5.10 Å². The van der Waals surface area contributed by atoms with Crippen molar-refractivity contribution in [3.63, 3.8) is 0 Å². The molecule has 6 heteroatoms. The lowest BCUT2D eigenvalue weighted by Crippen LogP contribution is -2.19. The molecule has 0 aliphatic carbocycles. The third-order valence-corrected chi connectivity index (χ3v) is 1.78. The van der Waals surface area contributed by atoms with E-state index in [0.717, 1.165) is 16.0 Å². The van der Waals surface area contributed by atoms with Crippen LogP contribution in [-0.2, 0) is 6.54 Å². The second kappa shape index (κ2) is 3.08. The molecule has 0 aliphatic heterocycles. The minimum Gasteiger partial charge on any atom is -0.255 e. The number of rotatable bonds is 2. The van der Waals surface area contributed by atoms with E-state index in [4.69, 9.17) is 0 Å². The summed E-state index contributed by atoms with van der Waals surface area (Å²) < 4.78 is 24.2.